The maximum atomic E-state index is 11.7. The Labute approximate surface area is 93.0 Å². The smallest absolute Gasteiger partial charge is 0.230 e. The number of hydrogen-bond donors (Lipinski definition) is 0. The topological polar surface area (TPSA) is 42.9 Å². The van der Waals surface area contributed by atoms with Gasteiger partial charge in [-0.3, -0.25) is 9.78 Å². The van der Waals surface area contributed by atoms with Crippen LogP contribution in [-0.2, 0) is 0 Å². The van der Waals surface area contributed by atoms with Gasteiger partial charge in [-0.1, -0.05) is 0 Å². The summed E-state index contributed by atoms with van der Waals surface area (Å²) in [5, 5.41) is 1.71. The van der Waals surface area contributed by atoms with Crippen LogP contribution in [0.1, 0.15) is 16.2 Å². The summed E-state index contributed by atoms with van der Waals surface area (Å²) in [6.45, 7) is 0. The van der Waals surface area contributed by atoms with Gasteiger partial charge in [0.2, 0.25) is 5.78 Å². The molecule has 70 valence electrons. The van der Waals surface area contributed by atoms with E-state index in [1.165, 1.54) is 11.3 Å². The number of nitrogens with zero attached hydrogens (tertiary/aromatic N) is 2. The molecule has 0 aliphatic heterocycles. The molecule has 2 rings (SSSR count). The molecule has 0 aliphatic carbocycles. The third kappa shape index (κ3) is 1.88. The largest absolute Gasteiger partial charge is 0.285 e. The zero-order valence-corrected chi connectivity index (χ0v) is 9.38. The summed E-state index contributed by atoms with van der Waals surface area (Å²) in [5.41, 5.74) is 2.50. The zero-order chi connectivity index (χ0) is 9.97. The van der Waals surface area contributed by atoms with Crippen LogP contribution in [0.4, 0.5) is 0 Å². The second-order valence-corrected chi connectivity index (χ2v) is 4.20. The second-order valence-electron chi connectivity index (χ2n) is 2.56. The average molecular weight is 269 g/mol. The van der Waals surface area contributed by atoms with Crippen LogP contribution in [0.5, 0.6) is 0 Å². The van der Waals surface area contributed by atoms with E-state index in [1.807, 2.05) is 0 Å². The van der Waals surface area contributed by atoms with Crippen LogP contribution >= 0.6 is 27.3 Å². The molecule has 2 aromatic heterocycles. The first-order valence-electron chi connectivity index (χ1n) is 3.82. The quantitative estimate of drug-likeness (QED) is 0.787. The lowest BCUT2D eigenvalue weighted by atomic mass is 10.2. The van der Waals surface area contributed by atoms with E-state index in [2.05, 4.69) is 25.9 Å². The first kappa shape index (κ1) is 9.48. The van der Waals surface area contributed by atoms with Crippen molar-refractivity contribution in [2.75, 3.05) is 0 Å². The van der Waals surface area contributed by atoms with E-state index in [-0.39, 0.29) is 5.78 Å². The molecule has 0 saturated carbocycles. The molecule has 0 bridgehead atoms. The van der Waals surface area contributed by atoms with Crippen LogP contribution in [0.3, 0.4) is 0 Å². The van der Waals surface area contributed by atoms with Crippen molar-refractivity contribution in [3.8, 4) is 0 Å². The van der Waals surface area contributed by atoms with Gasteiger partial charge in [0.05, 0.1) is 5.51 Å². The van der Waals surface area contributed by atoms with E-state index in [0.29, 0.717) is 11.4 Å². The third-order valence-electron chi connectivity index (χ3n) is 1.62. The molecule has 0 atom stereocenters. The highest BCUT2D eigenvalue weighted by atomic mass is 79.9. The van der Waals surface area contributed by atoms with Gasteiger partial charge in [-0.2, -0.15) is 0 Å². The van der Waals surface area contributed by atoms with Gasteiger partial charge in [-0.15, -0.1) is 11.3 Å². The number of carbonyl (C=O) groups is 1. The van der Waals surface area contributed by atoms with Crippen molar-refractivity contribution in [3.05, 3.63) is 45.1 Å². The van der Waals surface area contributed by atoms with Gasteiger partial charge in [0.25, 0.3) is 0 Å². The molecule has 0 saturated heterocycles. The highest BCUT2D eigenvalue weighted by Gasteiger charge is 2.11. The molecular formula is C9H5BrN2OS. The maximum Gasteiger partial charge on any atom is 0.230 e. The van der Waals surface area contributed by atoms with Crippen molar-refractivity contribution in [2.24, 2.45) is 0 Å². The molecule has 2 heterocycles. The molecule has 0 fully saturated rings. The van der Waals surface area contributed by atoms with E-state index in [1.54, 1.807) is 29.2 Å². The standard InChI is InChI=1S/C9H5BrN2OS/c10-6-1-2-7(11-3-6)9(13)8-4-14-5-12-8/h1-5H. The highest BCUT2D eigenvalue weighted by Crippen LogP contribution is 2.11. The summed E-state index contributed by atoms with van der Waals surface area (Å²) < 4.78 is 0.854. The predicted molar refractivity (Wildman–Crippen MR) is 57.5 cm³/mol. The Hall–Kier alpha value is -1.07. The van der Waals surface area contributed by atoms with Crippen LogP contribution in [0.25, 0.3) is 0 Å². The molecule has 2 aromatic rings. The minimum absolute atomic E-state index is 0.140. The molecule has 5 heteroatoms. The van der Waals surface area contributed by atoms with Gasteiger partial charge < -0.3 is 0 Å². The third-order valence-corrected chi connectivity index (χ3v) is 2.68. The Morgan fingerprint density at radius 2 is 2.14 bits per heavy atom. The van der Waals surface area contributed by atoms with Crippen molar-refractivity contribution in [1.82, 2.24) is 9.97 Å². The molecular weight excluding hydrogens is 264 g/mol. The first-order chi connectivity index (χ1) is 6.77. The van der Waals surface area contributed by atoms with Crippen LogP contribution < -0.4 is 0 Å². The molecule has 0 amide bonds. The maximum absolute atomic E-state index is 11.7. The molecule has 3 nitrogen and oxygen atoms in total. The molecule has 0 aliphatic rings. The highest BCUT2D eigenvalue weighted by molar-refractivity contribution is 9.10. The summed E-state index contributed by atoms with van der Waals surface area (Å²) in [6.07, 6.45) is 1.60. The number of thiazole rings is 1. The molecule has 14 heavy (non-hydrogen) atoms. The van der Waals surface area contributed by atoms with Crippen molar-refractivity contribution < 1.29 is 4.79 Å². The molecule has 0 N–H and O–H groups in total. The van der Waals surface area contributed by atoms with Crippen LogP contribution in [0.2, 0.25) is 0 Å². The van der Waals surface area contributed by atoms with Crippen molar-refractivity contribution >= 4 is 33.0 Å². The number of ketones is 1. The van der Waals surface area contributed by atoms with E-state index < -0.39 is 0 Å². The number of hydrogen-bond acceptors (Lipinski definition) is 4. The Kier molecular flexibility index (Phi) is 2.69. The van der Waals surface area contributed by atoms with Gasteiger partial charge in [0.15, 0.2) is 0 Å². The van der Waals surface area contributed by atoms with Gasteiger partial charge in [-0.05, 0) is 28.1 Å². The molecule has 0 aromatic carbocycles. The zero-order valence-electron chi connectivity index (χ0n) is 6.98. The number of pyridine rings is 1. The van der Waals surface area contributed by atoms with Gasteiger partial charge in [0, 0.05) is 16.0 Å². The van der Waals surface area contributed by atoms with Crippen molar-refractivity contribution in [1.29, 1.82) is 0 Å². The van der Waals surface area contributed by atoms with Crippen molar-refractivity contribution in [2.45, 2.75) is 0 Å². The average Bonchev–Trinajstić information content (AvgIpc) is 2.71. The summed E-state index contributed by atoms with van der Waals surface area (Å²) in [5.74, 6) is -0.140. The fourth-order valence-corrected chi connectivity index (χ4v) is 1.73. The fraction of sp³-hybridized carbons (Fsp3) is 0. The van der Waals surface area contributed by atoms with Crippen LogP contribution in [0, 0.1) is 0 Å². The summed E-state index contributed by atoms with van der Waals surface area (Å²) in [6, 6.07) is 3.46. The number of rotatable bonds is 2. The second kappa shape index (κ2) is 3.98. The van der Waals surface area contributed by atoms with Gasteiger partial charge in [-0.25, -0.2) is 4.98 Å². The predicted octanol–water partition coefficient (Wildman–Crippen LogP) is 2.53. The lowest BCUT2D eigenvalue weighted by Gasteiger charge is -1.95. The molecule has 0 spiro atoms. The minimum Gasteiger partial charge on any atom is -0.285 e. The van der Waals surface area contributed by atoms with Crippen LogP contribution in [-0.4, -0.2) is 15.8 Å². The summed E-state index contributed by atoms with van der Waals surface area (Å²) in [7, 11) is 0. The monoisotopic (exact) mass is 268 g/mol. The first-order valence-corrected chi connectivity index (χ1v) is 5.55. The number of carbonyl (C=O) groups excluding carboxylic acids is 1. The molecule has 0 unspecified atom stereocenters. The van der Waals surface area contributed by atoms with Crippen molar-refractivity contribution in [3.63, 3.8) is 0 Å². The SMILES string of the molecule is O=C(c1ccc(Br)cn1)c1cscn1. The van der Waals surface area contributed by atoms with E-state index in [0.717, 1.165) is 4.47 Å². The molecule has 0 radical (unpaired) electrons. The fourth-order valence-electron chi connectivity index (χ4n) is 0.966. The van der Waals surface area contributed by atoms with E-state index >= 15 is 0 Å². The number of halogens is 1. The Bertz CT molecular complexity index is 438. The Morgan fingerprint density at radius 3 is 2.71 bits per heavy atom. The lowest BCUT2D eigenvalue weighted by molar-refractivity contribution is 0.103. The summed E-state index contributed by atoms with van der Waals surface area (Å²) >= 11 is 4.65. The lowest BCUT2D eigenvalue weighted by Crippen LogP contribution is -2.03. The normalized spacial score (nSPS) is 10.1. The van der Waals surface area contributed by atoms with E-state index in [9.17, 15) is 4.79 Å². The van der Waals surface area contributed by atoms with Crippen LogP contribution in [0.15, 0.2) is 33.7 Å². The summed E-state index contributed by atoms with van der Waals surface area (Å²) in [4.78, 5) is 19.6. The van der Waals surface area contributed by atoms with Gasteiger partial charge in [0.1, 0.15) is 11.4 Å². The Morgan fingerprint density at radius 1 is 1.29 bits per heavy atom. The van der Waals surface area contributed by atoms with E-state index in [4.69, 9.17) is 0 Å². The Balaban J connectivity index is 2.33. The number of aromatic nitrogens is 2. The van der Waals surface area contributed by atoms with Gasteiger partial charge >= 0.3 is 0 Å². The minimum atomic E-state index is -0.140.